The summed E-state index contributed by atoms with van der Waals surface area (Å²) in [5.74, 6) is 0. The fourth-order valence-corrected chi connectivity index (χ4v) is 1.49. The lowest BCUT2D eigenvalue weighted by molar-refractivity contribution is -0.126. The van der Waals surface area contributed by atoms with Crippen LogP contribution in [-0.4, -0.2) is 32.6 Å². The van der Waals surface area contributed by atoms with Crippen molar-refractivity contribution in [3.8, 4) is 0 Å². The third-order valence-corrected chi connectivity index (χ3v) is 2.90. The maximum atomic E-state index is 9.65. The molecule has 4 heteroatoms. The van der Waals surface area contributed by atoms with Gasteiger partial charge in [-0.15, -0.1) is 0 Å². The molecule has 1 rings (SSSR count). The van der Waals surface area contributed by atoms with Crippen LogP contribution in [-0.2, 0) is 13.1 Å². The summed E-state index contributed by atoms with van der Waals surface area (Å²) in [6.07, 6.45) is 0. The Morgan fingerprint density at radius 1 is 0.778 bits per heavy atom. The van der Waals surface area contributed by atoms with E-state index in [1.165, 1.54) is 10.1 Å². The first-order valence-electron chi connectivity index (χ1n) is 6.39. The van der Waals surface area contributed by atoms with Gasteiger partial charge >= 0.3 is 0 Å². The molecule has 102 valence electrons. The van der Waals surface area contributed by atoms with Gasteiger partial charge in [0.15, 0.2) is 0 Å². The highest BCUT2D eigenvalue weighted by Gasteiger charge is 2.08. The van der Waals surface area contributed by atoms with Crippen LogP contribution in [0.25, 0.3) is 0 Å². The van der Waals surface area contributed by atoms with Crippen LogP contribution in [0.4, 0.5) is 0 Å². The van der Waals surface area contributed by atoms with Crippen molar-refractivity contribution in [2.75, 3.05) is 0 Å². The molecule has 0 saturated heterocycles. The normalized spacial score (nSPS) is 12.1. The fraction of sp³-hybridized carbons (Fsp3) is 0.571. The molecule has 0 heterocycles. The lowest BCUT2D eigenvalue weighted by Crippen LogP contribution is -2.27. The Hall–Kier alpha value is -0.940. The Morgan fingerprint density at radius 2 is 1.06 bits per heavy atom. The Bertz CT molecular complexity index is 314. The predicted octanol–water partition coefficient (Wildman–Crippen LogP) is 2.89. The first-order valence-corrected chi connectivity index (χ1v) is 6.39. The van der Waals surface area contributed by atoms with Crippen molar-refractivity contribution in [3.05, 3.63) is 35.4 Å². The molecular weight excluding hydrogens is 228 g/mol. The van der Waals surface area contributed by atoms with Crippen molar-refractivity contribution in [2.45, 2.75) is 52.9 Å². The minimum atomic E-state index is 0.110. The number of benzene rings is 1. The second-order valence-electron chi connectivity index (χ2n) is 5.20. The van der Waals surface area contributed by atoms with E-state index < -0.39 is 0 Å². The standard InChI is InChI=1S/C14H24N2O2/c1-11(2)15(17)9-13-5-7-14(8-6-13)10-16(18)12(3)4/h5-8,11-12,17-18H,9-10H2,1-4H3. The summed E-state index contributed by atoms with van der Waals surface area (Å²) < 4.78 is 0. The van der Waals surface area contributed by atoms with E-state index in [4.69, 9.17) is 0 Å². The highest BCUT2D eigenvalue weighted by molar-refractivity contribution is 5.22. The molecule has 0 unspecified atom stereocenters. The smallest absolute Gasteiger partial charge is 0.0491 e. The van der Waals surface area contributed by atoms with Crippen molar-refractivity contribution in [3.63, 3.8) is 0 Å². The molecule has 0 atom stereocenters. The van der Waals surface area contributed by atoms with Gasteiger partial charge in [-0.3, -0.25) is 0 Å². The molecule has 4 nitrogen and oxygen atoms in total. The summed E-state index contributed by atoms with van der Waals surface area (Å²) in [6.45, 7) is 8.82. The molecule has 0 saturated carbocycles. The van der Waals surface area contributed by atoms with Crippen LogP contribution in [0.1, 0.15) is 38.8 Å². The van der Waals surface area contributed by atoms with Crippen molar-refractivity contribution >= 4 is 0 Å². The molecule has 0 aliphatic carbocycles. The molecule has 0 aliphatic heterocycles. The Labute approximate surface area is 109 Å². The topological polar surface area (TPSA) is 46.9 Å². The van der Waals surface area contributed by atoms with E-state index in [0.717, 1.165) is 11.1 Å². The minimum absolute atomic E-state index is 0.110. The molecular formula is C14H24N2O2. The number of nitrogens with zero attached hydrogens (tertiary/aromatic N) is 2. The third-order valence-electron chi connectivity index (χ3n) is 2.90. The summed E-state index contributed by atoms with van der Waals surface area (Å²) in [6, 6.07) is 8.14. The van der Waals surface area contributed by atoms with E-state index in [1.807, 2.05) is 52.0 Å². The van der Waals surface area contributed by atoms with Crippen LogP contribution < -0.4 is 0 Å². The summed E-state index contributed by atoms with van der Waals surface area (Å²) in [5.41, 5.74) is 2.12. The molecule has 0 aliphatic rings. The van der Waals surface area contributed by atoms with Gasteiger partial charge in [-0.05, 0) is 38.8 Å². The monoisotopic (exact) mass is 252 g/mol. The molecule has 0 amide bonds. The Morgan fingerprint density at radius 3 is 1.28 bits per heavy atom. The SMILES string of the molecule is CC(C)N(O)Cc1ccc(CN(O)C(C)C)cc1. The highest BCUT2D eigenvalue weighted by Crippen LogP contribution is 2.10. The number of hydrogen-bond donors (Lipinski definition) is 2. The van der Waals surface area contributed by atoms with Gasteiger partial charge < -0.3 is 10.4 Å². The zero-order valence-corrected chi connectivity index (χ0v) is 11.7. The minimum Gasteiger partial charge on any atom is -0.313 e. The third kappa shape index (κ3) is 4.74. The lowest BCUT2D eigenvalue weighted by atomic mass is 10.1. The van der Waals surface area contributed by atoms with E-state index in [1.54, 1.807) is 0 Å². The predicted molar refractivity (Wildman–Crippen MR) is 71.4 cm³/mol. The van der Waals surface area contributed by atoms with Crippen LogP contribution in [0, 0.1) is 0 Å². The van der Waals surface area contributed by atoms with Crippen molar-refractivity contribution in [1.29, 1.82) is 0 Å². The van der Waals surface area contributed by atoms with Crippen molar-refractivity contribution in [2.24, 2.45) is 0 Å². The number of hydroxylamine groups is 4. The highest BCUT2D eigenvalue weighted by atomic mass is 16.5. The molecule has 1 aromatic rings. The zero-order chi connectivity index (χ0) is 13.7. The van der Waals surface area contributed by atoms with Crippen molar-refractivity contribution in [1.82, 2.24) is 10.1 Å². The van der Waals surface area contributed by atoms with Gasteiger partial charge in [0.05, 0.1) is 0 Å². The average Bonchev–Trinajstić information content (AvgIpc) is 2.31. The Kier molecular flexibility index (Phi) is 5.75. The molecule has 0 aromatic heterocycles. The van der Waals surface area contributed by atoms with Crippen LogP contribution in [0.2, 0.25) is 0 Å². The summed E-state index contributed by atoms with van der Waals surface area (Å²) in [5, 5.41) is 21.9. The second-order valence-corrected chi connectivity index (χ2v) is 5.20. The van der Waals surface area contributed by atoms with Gasteiger partial charge in [-0.2, -0.15) is 10.1 Å². The summed E-state index contributed by atoms with van der Waals surface area (Å²) in [4.78, 5) is 0. The maximum absolute atomic E-state index is 9.65. The average molecular weight is 252 g/mol. The van der Waals surface area contributed by atoms with Gasteiger partial charge in [-0.25, -0.2) is 0 Å². The molecule has 18 heavy (non-hydrogen) atoms. The van der Waals surface area contributed by atoms with E-state index in [2.05, 4.69) is 0 Å². The quantitative estimate of drug-likeness (QED) is 0.764. The van der Waals surface area contributed by atoms with Gasteiger partial charge in [0.1, 0.15) is 0 Å². The number of hydrogen-bond acceptors (Lipinski definition) is 4. The van der Waals surface area contributed by atoms with Crippen LogP contribution in [0.15, 0.2) is 24.3 Å². The first-order chi connectivity index (χ1) is 8.40. The summed E-state index contributed by atoms with van der Waals surface area (Å²) in [7, 11) is 0. The van der Waals surface area contributed by atoms with Gasteiger partial charge in [0, 0.05) is 25.2 Å². The lowest BCUT2D eigenvalue weighted by Gasteiger charge is -2.20. The molecule has 2 N–H and O–H groups in total. The molecule has 0 radical (unpaired) electrons. The van der Waals surface area contributed by atoms with Gasteiger partial charge in [-0.1, -0.05) is 24.3 Å². The largest absolute Gasteiger partial charge is 0.313 e. The van der Waals surface area contributed by atoms with E-state index in [-0.39, 0.29) is 12.1 Å². The maximum Gasteiger partial charge on any atom is 0.0491 e. The first kappa shape index (κ1) is 15.1. The molecule has 0 fully saturated rings. The number of rotatable bonds is 6. The van der Waals surface area contributed by atoms with E-state index in [9.17, 15) is 10.4 Å². The van der Waals surface area contributed by atoms with Crippen LogP contribution in [0.5, 0.6) is 0 Å². The van der Waals surface area contributed by atoms with Gasteiger partial charge in [0.2, 0.25) is 0 Å². The summed E-state index contributed by atoms with van der Waals surface area (Å²) >= 11 is 0. The van der Waals surface area contributed by atoms with Gasteiger partial charge in [0.25, 0.3) is 0 Å². The van der Waals surface area contributed by atoms with E-state index >= 15 is 0 Å². The fourth-order valence-electron chi connectivity index (χ4n) is 1.49. The zero-order valence-electron chi connectivity index (χ0n) is 11.7. The molecule has 0 bridgehead atoms. The van der Waals surface area contributed by atoms with Crippen LogP contribution in [0.3, 0.4) is 0 Å². The molecule has 1 aromatic carbocycles. The molecule has 0 spiro atoms. The van der Waals surface area contributed by atoms with Crippen LogP contribution >= 0.6 is 0 Å². The second kappa shape index (κ2) is 6.85. The Balaban J connectivity index is 2.57. The van der Waals surface area contributed by atoms with E-state index in [0.29, 0.717) is 13.1 Å². The van der Waals surface area contributed by atoms with Crippen molar-refractivity contribution < 1.29 is 10.4 Å².